The van der Waals surface area contributed by atoms with Crippen LogP contribution in [0.4, 0.5) is 0 Å². The van der Waals surface area contributed by atoms with E-state index < -0.39 is 17.9 Å². The molecule has 28 heavy (non-hydrogen) atoms. The number of carbonyl (C=O) groups is 3. The molecule has 1 saturated heterocycles. The Labute approximate surface area is 170 Å². The number of nitrogens with one attached hydrogen (secondary N) is 1. The van der Waals surface area contributed by atoms with Gasteiger partial charge in [-0.25, -0.2) is 4.79 Å². The van der Waals surface area contributed by atoms with Gasteiger partial charge in [0.05, 0.1) is 6.61 Å². The number of halogens is 1. The lowest BCUT2D eigenvalue weighted by molar-refractivity contribution is -0.141. The minimum absolute atomic E-state index is 0.135. The molecule has 0 aliphatic carbocycles. The van der Waals surface area contributed by atoms with E-state index in [2.05, 4.69) is 21.2 Å². The smallest absolute Gasteiger partial charge is 0.328 e. The summed E-state index contributed by atoms with van der Waals surface area (Å²) in [4.78, 5) is 35.4. The maximum Gasteiger partial charge on any atom is 0.328 e. The van der Waals surface area contributed by atoms with Crippen LogP contribution in [0.1, 0.15) is 22.3 Å². The van der Waals surface area contributed by atoms with Gasteiger partial charge in [0, 0.05) is 16.5 Å². The molecule has 0 saturated carbocycles. The van der Waals surface area contributed by atoms with Crippen LogP contribution in [0.15, 0.2) is 59.1 Å². The molecule has 0 bridgehead atoms. The predicted molar refractivity (Wildman–Crippen MR) is 107 cm³/mol. The van der Waals surface area contributed by atoms with Gasteiger partial charge >= 0.3 is 5.97 Å². The fourth-order valence-corrected chi connectivity index (χ4v) is 3.02. The molecular formula is C21H18BrNO5. The third-order valence-electron chi connectivity index (χ3n) is 4.06. The predicted octanol–water partition coefficient (Wildman–Crippen LogP) is 3.16. The molecule has 1 atom stereocenters. The van der Waals surface area contributed by atoms with Gasteiger partial charge in [0.2, 0.25) is 0 Å². The summed E-state index contributed by atoms with van der Waals surface area (Å²) in [7, 11) is 0. The van der Waals surface area contributed by atoms with Crippen LogP contribution in [0.3, 0.4) is 0 Å². The van der Waals surface area contributed by atoms with E-state index in [1.807, 2.05) is 24.3 Å². The molecule has 0 unspecified atom stereocenters. The molecule has 1 amide bonds. The Kier molecular flexibility index (Phi) is 6.60. The fraction of sp³-hybridized carbons (Fsp3) is 0.190. The average Bonchev–Trinajstić information content (AvgIpc) is 3.09. The number of allylic oxidation sites excluding steroid dienone is 1. The zero-order valence-electron chi connectivity index (χ0n) is 14.9. The second-order valence-corrected chi connectivity index (χ2v) is 7.06. The molecule has 144 valence electrons. The Morgan fingerprint density at radius 1 is 1.21 bits per heavy atom. The number of ketones is 1. The summed E-state index contributed by atoms with van der Waals surface area (Å²) in [5.74, 6) is -0.506. The number of esters is 1. The van der Waals surface area contributed by atoms with E-state index in [9.17, 15) is 14.4 Å². The van der Waals surface area contributed by atoms with E-state index in [1.165, 1.54) is 6.08 Å². The summed E-state index contributed by atoms with van der Waals surface area (Å²) in [5.41, 5.74) is 1.43. The van der Waals surface area contributed by atoms with E-state index in [0.29, 0.717) is 24.3 Å². The van der Waals surface area contributed by atoms with Crippen molar-refractivity contribution >= 4 is 39.7 Å². The molecule has 1 aliphatic rings. The van der Waals surface area contributed by atoms with Gasteiger partial charge in [-0.15, -0.1) is 0 Å². The van der Waals surface area contributed by atoms with Gasteiger partial charge in [0.15, 0.2) is 12.4 Å². The van der Waals surface area contributed by atoms with Crippen LogP contribution < -0.4 is 10.1 Å². The number of carbonyl (C=O) groups excluding carboxylic acids is 3. The van der Waals surface area contributed by atoms with Crippen molar-refractivity contribution < 1.29 is 23.9 Å². The van der Waals surface area contributed by atoms with Crippen molar-refractivity contribution in [1.82, 2.24) is 5.32 Å². The molecule has 2 aromatic rings. The summed E-state index contributed by atoms with van der Waals surface area (Å²) >= 11 is 3.39. The number of hydrogen-bond donors (Lipinski definition) is 1. The SMILES string of the molecule is O=C(COc1ccc(C(=O)/C=C/c2cccc(Br)c2)cc1)N[C@H]1CCOC1=O. The highest BCUT2D eigenvalue weighted by Crippen LogP contribution is 2.15. The van der Waals surface area contributed by atoms with Crippen molar-refractivity contribution in [2.45, 2.75) is 12.5 Å². The van der Waals surface area contributed by atoms with E-state index in [-0.39, 0.29) is 12.4 Å². The van der Waals surface area contributed by atoms with Gasteiger partial charge in [0.25, 0.3) is 5.91 Å². The first-order valence-electron chi connectivity index (χ1n) is 8.68. The Bertz CT molecular complexity index is 907. The van der Waals surface area contributed by atoms with Crippen LogP contribution in [-0.4, -0.2) is 36.9 Å². The number of hydrogen-bond acceptors (Lipinski definition) is 5. The second kappa shape index (κ2) is 9.32. The quantitative estimate of drug-likeness (QED) is 0.403. The van der Waals surface area contributed by atoms with Gasteiger partial charge in [-0.05, 0) is 48.0 Å². The van der Waals surface area contributed by atoms with Crippen molar-refractivity contribution in [3.8, 4) is 5.75 Å². The molecule has 6 nitrogen and oxygen atoms in total. The lowest BCUT2D eigenvalue weighted by Crippen LogP contribution is -2.40. The second-order valence-electron chi connectivity index (χ2n) is 6.14. The van der Waals surface area contributed by atoms with E-state index >= 15 is 0 Å². The highest BCUT2D eigenvalue weighted by molar-refractivity contribution is 9.10. The molecule has 0 spiro atoms. The van der Waals surface area contributed by atoms with Crippen LogP contribution >= 0.6 is 15.9 Å². The Morgan fingerprint density at radius 2 is 2.00 bits per heavy atom. The monoisotopic (exact) mass is 443 g/mol. The fourth-order valence-electron chi connectivity index (χ4n) is 2.61. The van der Waals surface area contributed by atoms with Crippen molar-refractivity contribution in [2.24, 2.45) is 0 Å². The third-order valence-corrected chi connectivity index (χ3v) is 4.55. The number of benzene rings is 2. The lowest BCUT2D eigenvalue weighted by Gasteiger charge is -2.10. The summed E-state index contributed by atoms with van der Waals surface area (Å²) in [6.45, 7) is 0.0932. The van der Waals surface area contributed by atoms with Crippen molar-refractivity contribution in [3.05, 3.63) is 70.2 Å². The summed E-state index contributed by atoms with van der Waals surface area (Å²) in [5, 5.41) is 2.56. The van der Waals surface area contributed by atoms with Crippen LogP contribution in [0.5, 0.6) is 5.75 Å². The van der Waals surface area contributed by atoms with Crippen molar-refractivity contribution in [3.63, 3.8) is 0 Å². The zero-order chi connectivity index (χ0) is 19.9. The summed E-state index contributed by atoms with van der Waals surface area (Å²) in [6.07, 6.45) is 3.72. The first kappa shape index (κ1) is 19.8. The normalized spacial score (nSPS) is 16.0. The van der Waals surface area contributed by atoms with Gasteiger partial charge in [-0.1, -0.05) is 34.1 Å². The topological polar surface area (TPSA) is 81.7 Å². The zero-order valence-corrected chi connectivity index (χ0v) is 16.5. The number of amides is 1. The van der Waals surface area contributed by atoms with E-state index in [0.717, 1.165) is 10.0 Å². The third kappa shape index (κ3) is 5.53. The molecule has 1 heterocycles. The first-order valence-corrected chi connectivity index (χ1v) is 9.47. The van der Waals surface area contributed by atoms with Gasteiger partial charge in [0.1, 0.15) is 11.8 Å². The minimum atomic E-state index is -0.604. The van der Waals surface area contributed by atoms with E-state index in [1.54, 1.807) is 30.3 Å². The molecule has 1 fully saturated rings. The Hall–Kier alpha value is -2.93. The standard InChI is InChI=1S/C21H18BrNO5/c22-16-3-1-2-14(12-16)4-9-19(24)15-5-7-17(8-6-15)28-13-20(25)23-18-10-11-27-21(18)26/h1-9,12,18H,10-11,13H2,(H,23,25)/b9-4+/t18-/m0/s1. The van der Waals surface area contributed by atoms with Crippen LogP contribution in [-0.2, 0) is 14.3 Å². The molecule has 1 aliphatic heterocycles. The number of rotatable bonds is 7. The van der Waals surface area contributed by atoms with Crippen molar-refractivity contribution in [2.75, 3.05) is 13.2 Å². The largest absolute Gasteiger partial charge is 0.484 e. The average molecular weight is 444 g/mol. The van der Waals surface area contributed by atoms with Crippen LogP contribution in [0, 0.1) is 0 Å². The molecule has 3 rings (SSSR count). The molecule has 7 heteroatoms. The van der Waals surface area contributed by atoms with Gasteiger partial charge in [-0.3, -0.25) is 9.59 Å². The molecule has 2 aromatic carbocycles. The molecule has 0 radical (unpaired) electrons. The van der Waals surface area contributed by atoms with Crippen molar-refractivity contribution in [1.29, 1.82) is 0 Å². The first-order chi connectivity index (χ1) is 13.5. The van der Waals surface area contributed by atoms with Gasteiger partial charge in [-0.2, -0.15) is 0 Å². The maximum absolute atomic E-state index is 12.3. The van der Waals surface area contributed by atoms with E-state index in [4.69, 9.17) is 9.47 Å². The van der Waals surface area contributed by atoms with Gasteiger partial charge < -0.3 is 14.8 Å². The Morgan fingerprint density at radius 3 is 2.68 bits per heavy atom. The maximum atomic E-state index is 12.3. The summed E-state index contributed by atoms with van der Waals surface area (Å²) in [6, 6.07) is 13.5. The lowest BCUT2D eigenvalue weighted by atomic mass is 10.1. The molecule has 1 N–H and O–H groups in total. The van der Waals surface area contributed by atoms with Crippen LogP contribution in [0.25, 0.3) is 6.08 Å². The highest BCUT2D eigenvalue weighted by atomic mass is 79.9. The Balaban J connectivity index is 1.50. The molecular weight excluding hydrogens is 426 g/mol. The molecule has 0 aromatic heterocycles. The highest BCUT2D eigenvalue weighted by Gasteiger charge is 2.27. The van der Waals surface area contributed by atoms with Crippen LogP contribution in [0.2, 0.25) is 0 Å². The minimum Gasteiger partial charge on any atom is -0.484 e. The summed E-state index contributed by atoms with van der Waals surface area (Å²) < 4.78 is 11.1. The number of cyclic esters (lactones) is 1. The number of ether oxygens (including phenoxy) is 2.